The van der Waals surface area contributed by atoms with Crippen molar-refractivity contribution in [1.29, 1.82) is 0 Å². The zero-order valence-electron chi connectivity index (χ0n) is 9.02. The van der Waals surface area contributed by atoms with Crippen LogP contribution in [0, 0.1) is 0 Å². The quantitative estimate of drug-likeness (QED) is 0.684. The summed E-state index contributed by atoms with van der Waals surface area (Å²) in [7, 11) is 1.50. The van der Waals surface area contributed by atoms with Crippen molar-refractivity contribution < 1.29 is 14.7 Å². The first-order chi connectivity index (χ1) is 7.54. The van der Waals surface area contributed by atoms with E-state index in [9.17, 15) is 9.59 Å². The third-order valence-corrected chi connectivity index (χ3v) is 1.97. The van der Waals surface area contributed by atoms with Crippen molar-refractivity contribution in [2.75, 3.05) is 12.4 Å². The Morgan fingerprint density at radius 1 is 1.50 bits per heavy atom. The molecule has 86 valence electrons. The number of anilines is 1. The van der Waals surface area contributed by atoms with Crippen LogP contribution in [0.25, 0.3) is 0 Å². The zero-order valence-corrected chi connectivity index (χ0v) is 9.02. The molecule has 1 aromatic heterocycles. The van der Waals surface area contributed by atoms with Gasteiger partial charge in [-0.3, -0.25) is 14.6 Å². The zero-order chi connectivity index (χ0) is 12.1. The standard InChI is InChI=1S/C10H13N3O3/c1-6(10(15)16)13-7-3-4-12-8(5-7)9(14)11-2/h3-6H,1-2H3,(H,11,14)(H,12,13)(H,15,16). The Kier molecular flexibility index (Phi) is 3.82. The summed E-state index contributed by atoms with van der Waals surface area (Å²) in [5.74, 6) is -1.27. The number of nitrogens with zero attached hydrogens (tertiary/aromatic N) is 1. The van der Waals surface area contributed by atoms with Gasteiger partial charge in [0.05, 0.1) is 0 Å². The van der Waals surface area contributed by atoms with Crippen molar-refractivity contribution in [2.45, 2.75) is 13.0 Å². The molecule has 0 saturated heterocycles. The highest BCUT2D eigenvalue weighted by Gasteiger charge is 2.11. The monoisotopic (exact) mass is 223 g/mol. The summed E-state index contributed by atoms with van der Waals surface area (Å²) in [5, 5.41) is 13.9. The maximum atomic E-state index is 11.3. The number of aromatic nitrogens is 1. The fourth-order valence-corrected chi connectivity index (χ4v) is 1.08. The summed E-state index contributed by atoms with van der Waals surface area (Å²) in [5.41, 5.74) is 0.786. The first-order valence-corrected chi connectivity index (χ1v) is 4.72. The maximum Gasteiger partial charge on any atom is 0.325 e. The van der Waals surface area contributed by atoms with E-state index in [1.165, 1.54) is 26.2 Å². The lowest BCUT2D eigenvalue weighted by Gasteiger charge is -2.10. The molecule has 1 unspecified atom stereocenters. The smallest absolute Gasteiger partial charge is 0.325 e. The van der Waals surface area contributed by atoms with E-state index in [2.05, 4.69) is 15.6 Å². The van der Waals surface area contributed by atoms with Crippen molar-refractivity contribution in [3.63, 3.8) is 0 Å². The molecule has 3 N–H and O–H groups in total. The molecular weight excluding hydrogens is 210 g/mol. The molecule has 0 saturated carbocycles. The van der Waals surface area contributed by atoms with Gasteiger partial charge in [-0.15, -0.1) is 0 Å². The summed E-state index contributed by atoms with van der Waals surface area (Å²) in [6, 6.07) is 2.38. The first kappa shape index (κ1) is 12.0. The van der Waals surface area contributed by atoms with E-state index in [1.807, 2.05) is 0 Å². The number of nitrogens with one attached hydrogen (secondary N) is 2. The van der Waals surface area contributed by atoms with E-state index < -0.39 is 12.0 Å². The normalized spacial score (nSPS) is 11.6. The predicted octanol–water partition coefficient (Wildman–Crippen LogP) is 0.326. The second-order valence-electron chi connectivity index (χ2n) is 3.21. The minimum absolute atomic E-state index is 0.241. The van der Waals surface area contributed by atoms with Crippen LogP contribution >= 0.6 is 0 Å². The Bertz CT molecular complexity index is 406. The van der Waals surface area contributed by atoms with Gasteiger partial charge in [0.25, 0.3) is 5.91 Å². The fraction of sp³-hybridized carbons (Fsp3) is 0.300. The molecule has 1 atom stereocenters. The summed E-state index contributed by atoms with van der Waals surface area (Å²) < 4.78 is 0. The van der Waals surface area contributed by atoms with Gasteiger partial charge in [-0.1, -0.05) is 0 Å². The van der Waals surface area contributed by atoms with Gasteiger partial charge in [0.1, 0.15) is 11.7 Å². The van der Waals surface area contributed by atoms with Gasteiger partial charge in [-0.05, 0) is 19.1 Å². The predicted molar refractivity (Wildman–Crippen MR) is 58.3 cm³/mol. The average Bonchev–Trinajstić information content (AvgIpc) is 2.28. The number of carbonyl (C=O) groups excluding carboxylic acids is 1. The van der Waals surface area contributed by atoms with Crippen molar-refractivity contribution in [1.82, 2.24) is 10.3 Å². The van der Waals surface area contributed by atoms with Crippen LogP contribution < -0.4 is 10.6 Å². The molecule has 6 heteroatoms. The van der Waals surface area contributed by atoms with Gasteiger partial charge in [0.2, 0.25) is 0 Å². The van der Waals surface area contributed by atoms with E-state index in [1.54, 1.807) is 6.07 Å². The minimum Gasteiger partial charge on any atom is -0.480 e. The molecular formula is C10H13N3O3. The third-order valence-electron chi connectivity index (χ3n) is 1.97. The Labute approximate surface area is 92.7 Å². The lowest BCUT2D eigenvalue weighted by atomic mass is 10.2. The molecule has 1 heterocycles. The van der Waals surface area contributed by atoms with Crippen LogP contribution in [0.4, 0.5) is 5.69 Å². The van der Waals surface area contributed by atoms with Crippen LogP contribution in [0.5, 0.6) is 0 Å². The SMILES string of the molecule is CNC(=O)c1cc(NC(C)C(=O)O)ccn1. The van der Waals surface area contributed by atoms with Crippen LogP contribution in [-0.2, 0) is 4.79 Å². The molecule has 1 rings (SSSR count). The molecule has 0 spiro atoms. The van der Waals surface area contributed by atoms with Crippen LogP contribution in [-0.4, -0.2) is 35.1 Å². The van der Waals surface area contributed by atoms with Gasteiger partial charge in [0.15, 0.2) is 0 Å². The van der Waals surface area contributed by atoms with Crippen molar-refractivity contribution in [2.24, 2.45) is 0 Å². The van der Waals surface area contributed by atoms with Crippen molar-refractivity contribution in [3.8, 4) is 0 Å². The van der Waals surface area contributed by atoms with Crippen LogP contribution in [0.1, 0.15) is 17.4 Å². The van der Waals surface area contributed by atoms with E-state index in [4.69, 9.17) is 5.11 Å². The number of pyridine rings is 1. The number of hydrogen-bond donors (Lipinski definition) is 3. The Morgan fingerprint density at radius 3 is 2.75 bits per heavy atom. The topological polar surface area (TPSA) is 91.3 Å². The molecule has 0 fully saturated rings. The van der Waals surface area contributed by atoms with Gasteiger partial charge in [0, 0.05) is 18.9 Å². The molecule has 0 aliphatic rings. The molecule has 6 nitrogen and oxygen atoms in total. The fourth-order valence-electron chi connectivity index (χ4n) is 1.08. The van der Waals surface area contributed by atoms with Crippen molar-refractivity contribution in [3.05, 3.63) is 24.0 Å². The molecule has 0 bridgehead atoms. The van der Waals surface area contributed by atoms with Crippen molar-refractivity contribution >= 4 is 17.6 Å². The molecule has 16 heavy (non-hydrogen) atoms. The van der Waals surface area contributed by atoms with Gasteiger partial charge < -0.3 is 15.7 Å². The lowest BCUT2D eigenvalue weighted by molar-refractivity contribution is -0.137. The maximum absolute atomic E-state index is 11.3. The second-order valence-corrected chi connectivity index (χ2v) is 3.21. The number of amides is 1. The molecule has 0 radical (unpaired) electrons. The van der Waals surface area contributed by atoms with Gasteiger partial charge in [-0.25, -0.2) is 0 Å². The molecule has 0 aliphatic carbocycles. The van der Waals surface area contributed by atoms with E-state index in [0.29, 0.717) is 5.69 Å². The lowest BCUT2D eigenvalue weighted by Crippen LogP contribution is -2.26. The summed E-state index contributed by atoms with van der Waals surface area (Å²) in [6.07, 6.45) is 1.45. The highest BCUT2D eigenvalue weighted by Crippen LogP contribution is 2.09. The van der Waals surface area contributed by atoms with Gasteiger partial charge in [-0.2, -0.15) is 0 Å². The van der Waals surface area contributed by atoms with Crippen LogP contribution in [0.15, 0.2) is 18.3 Å². The summed E-state index contributed by atoms with van der Waals surface area (Å²) in [6.45, 7) is 1.52. The highest BCUT2D eigenvalue weighted by atomic mass is 16.4. The van der Waals surface area contributed by atoms with Crippen LogP contribution in [0.2, 0.25) is 0 Å². The number of carbonyl (C=O) groups is 2. The number of carboxylic acid groups (broad SMARTS) is 1. The summed E-state index contributed by atoms with van der Waals surface area (Å²) >= 11 is 0. The Hall–Kier alpha value is -2.11. The average molecular weight is 223 g/mol. The molecule has 1 aromatic rings. The number of hydrogen-bond acceptors (Lipinski definition) is 4. The first-order valence-electron chi connectivity index (χ1n) is 4.72. The molecule has 0 aliphatic heterocycles. The largest absolute Gasteiger partial charge is 0.480 e. The number of rotatable bonds is 4. The van der Waals surface area contributed by atoms with Gasteiger partial charge >= 0.3 is 5.97 Å². The molecule has 1 amide bonds. The summed E-state index contributed by atoms with van der Waals surface area (Å²) in [4.78, 5) is 25.8. The number of carboxylic acids is 1. The van der Waals surface area contributed by atoms with E-state index >= 15 is 0 Å². The molecule has 0 aromatic carbocycles. The van der Waals surface area contributed by atoms with E-state index in [-0.39, 0.29) is 11.6 Å². The van der Waals surface area contributed by atoms with E-state index in [0.717, 1.165) is 0 Å². The Morgan fingerprint density at radius 2 is 2.19 bits per heavy atom. The highest BCUT2D eigenvalue weighted by molar-refractivity contribution is 5.93. The number of aliphatic carboxylic acids is 1. The van der Waals surface area contributed by atoms with Crippen LogP contribution in [0.3, 0.4) is 0 Å². The second kappa shape index (κ2) is 5.11. The minimum atomic E-state index is -0.960. The third kappa shape index (κ3) is 2.94. The Balaban J connectivity index is 2.82.